The van der Waals surface area contributed by atoms with Crippen LogP contribution in [-0.2, 0) is 6.54 Å². The Morgan fingerprint density at radius 2 is 1.88 bits per heavy atom. The van der Waals surface area contributed by atoms with Gasteiger partial charge in [-0.05, 0) is 30.7 Å². The van der Waals surface area contributed by atoms with Crippen molar-refractivity contribution in [2.45, 2.75) is 13.5 Å². The van der Waals surface area contributed by atoms with Crippen molar-refractivity contribution < 1.29 is 0 Å². The van der Waals surface area contributed by atoms with Gasteiger partial charge in [0.05, 0.1) is 0 Å². The van der Waals surface area contributed by atoms with Crippen LogP contribution in [0.1, 0.15) is 11.3 Å². The molecule has 0 saturated carbocycles. The summed E-state index contributed by atoms with van der Waals surface area (Å²) in [5.41, 5.74) is 8.69. The van der Waals surface area contributed by atoms with E-state index in [1.165, 1.54) is 0 Å². The number of benzene rings is 1. The van der Waals surface area contributed by atoms with Gasteiger partial charge in [-0.3, -0.25) is 0 Å². The van der Waals surface area contributed by atoms with Gasteiger partial charge < -0.3 is 11.1 Å². The molecule has 3 N–H and O–H groups in total. The number of nitrogens with one attached hydrogen (secondary N) is 1. The van der Waals surface area contributed by atoms with Crippen molar-refractivity contribution in [2.75, 3.05) is 5.32 Å². The molecule has 0 unspecified atom stereocenters. The minimum absolute atomic E-state index is 0.532. The number of aryl methyl sites for hydroxylation is 1. The first kappa shape index (κ1) is 10.6. The first-order valence-electron chi connectivity index (χ1n) is 5.28. The highest BCUT2D eigenvalue weighted by atomic mass is 15.0. The first-order valence-corrected chi connectivity index (χ1v) is 5.28. The molecule has 0 radical (unpaired) electrons. The first-order chi connectivity index (χ1) is 7.79. The van der Waals surface area contributed by atoms with E-state index in [0.29, 0.717) is 6.54 Å². The zero-order valence-corrected chi connectivity index (χ0v) is 9.27. The normalized spacial score (nSPS) is 10.1. The maximum absolute atomic E-state index is 5.59. The predicted octanol–water partition coefficient (Wildman–Crippen LogP) is 2.59. The second-order valence-corrected chi connectivity index (χ2v) is 3.64. The van der Waals surface area contributed by atoms with Crippen LogP contribution >= 0.6 is 0 Å². The summed E-state index contributed by atoms with van der Waals surface area (Å²) in [7, 11) is 0. The summed E-state index contributed by atoms with van der Waals surface area (Å²) in [6, 6.07) is 13.9. The number of anilines is 2. The largest absolute Gasteiger partial charge is 0.340 e. The van der Waals surface area contributed by atoms with Crippen LogP contribution in [0.4, 0.5) is 11.5 Å². The second-order valence-electron chi connectivity index (χ2n) is 3.64. The maximum atomic E-state index is 5.59. The van der Waals surface area contributed by atoms with Crippen LogP contribution in [0.5, 0.6) is 0 Å². The number of nitrogens with two attached hydrogens (primary N) is 1. The van der Waals surface area contributed by atoms with Gasteiger partial charge in [0.1, 0.15) is 5.82 Å². The van der Waals surface area contributed by atoms with E-state index in [2.05, 4.69) is 10.3 Å². The Bertz CT molecular complexity index is 466. The van der Waals surface area contributed by atoms with Crippen LogP contribution in [-0.4, -0.2) is 4.98 Å². The Kier molecular flexibility index (Phi) is 3.17. The van der Waals surface area contributed by atoms with Crippen molar-refractivity contribution in [2.24, 2.45) is 5.73 Å². The number of hydrogen-bond donors (Lipinski definition) is 2. The molecule has 0 bridgehead atoms. The predicted molar refractivity (Wildman–Crippen MR) is 66.6 cm³/mol. The van der Waals surface area contributed by atoms with Crippen LogP contribution in [0, 0.1) is 6.92 Å². The Balaban J connectivity index is 2.20. The Morgan fingerprint density at radius 1 is 1.12 bits per heavy atom. The van der Waals surface area contributed by atoms with E-state index in [0.717, 1.165) is 22.8 Å². The SMILES string of the molecule is Cc1nc(Nc2ccccc2)ccc1CN. The molecule has 1 aromatic heterocycles. The van der Waals surface area contributed by atoms with E-state index in [-0.39, 0.29) is 0 Å². The standard InChI is InChI=1S/C13H15N3/c1-10-11(9-14)7-8-13(15-10)16-12-5-3-2-4-6-12/h2-8H,9,14H2,1H3,(H,15,16). The molecule has 0 aliphatic rings. The lowest BCUT2D eigenvalue weighted by atomic mass is 10.2. The fourth-order valence-corrected chi connectivity index (χ4v) is 1.54. The molecule has 0 atom stereocenters. The number of hydrogen-bond acceptors (Lipinski definition) is 3. The third-order valence-corrected chi connectivity index (χ3v) is 2.46. The molecule has 3 heteroatoms. The number of pyridine rings is 1. The van der Waals surface area contributed by atoms with Gasteiger partial charge in [0.15, 0.2) is 0 Å². The van der Waals surface area contributed by atoms with Crippen molar-refractivity contribution >= 4 is 11.5 Å². The van der Waals surface area contributed by atoms with Gasteiger partial charge in [-0.1, -0.05) is 24.3 Å². The average Bonchev–Trinajstić information content (AvgIpc) is 2.31. The molecule has 0 fully saturated rings. The summed E-state index contributed by atoms with van der Waals surface area (Å²) in [5.74, 6) is 0.848. The fourth-order valence-electron chi connectivity index (χ4n) is 1.54. The van der Waals surface area contributed by atoms with E-state index in [1.807, 2.05) is 49.4 Å². The molecule has 82 valence electrons. The quantitative estimate of drug-likeness (QED) is 0.824. The topological polar surface area (TPSA) is 50.9 Å². The van der Waals surface area contributed by atoms with E-state index >= 15 is 0 Å². The number of nitrogens with zero attached hydrogens (tertiary/aromatic N) is 1. The summed E-state index contributed by atoms with van der Waals surface area (Å²) in [4.78, 5) is 4.45. The van der Waals surface area contributed by atoms with E-state index in [4.69, 9.17) is 5.73 Å². The maximum Gasteiger partial charge on any atom is 0.130 e. The molecule has 1 aromatic carbocycles. The summed E-state index contributed by atoms with van der Waals surface area (Å²) < 4.78 is 0. The lowest BCUT2D eigenvalue weighted by Crippen LogP contribution is -2.02. The third kappa shape index (κ3) is 2.38. The van der Waals surface area contributed by atoms with Crippen molar-refractivity contribution in [1.29, 1.82) is 0 Å². The van der Waals surface area contributed by atoms with Gasteiger partial charge >= 0.3 is 0 Å². The van der Waals surface area contributed by atoms with Crippen molar-refractivity contribution in [1.82, 2.24) is 4.98 Å². The van der Waals surface area contributed by atoms with Crippen LogP contribution in [0.2, 0.25) is 0 Å². The molecule has 0 aliphatic heterocycles. The molecule has 0 aliphatic carbocycles. The van der Waals surface area contributed by atoms with Crippen molar-refractivity contribution in [3.63, 3.8) is 0 Å². The molecule has 3 nitrogen and oxygen atoms in total. The zero-order chi connectivity index (χ0) is 11.4. The molecule has 0 spiro atoms. The van der Waals surface area contributed by atoms with E-state index in [9.17, 15) is 0 Å². The van der Waals surface area contributed by atoms with Gasteiger partial charge in [-0.2, -0.15) is 0 Å². The molecule has 1 heterocycles. The Labute approximate surface area is 95.3 Å². The summed E-state index contributed by atoms with van der Waals surface area (Å²) in [6.07, 6.45) is 0. The number of aromatic nitrogens is 1. The highest BCUT2D eigenvalue weighted by molar-refractivity contribution is 5.56. The zero-order valence-electron chi connectivity index (χ0n) is 9.27. The number of para-hydroxylation sites is 1. The molecule has 2 aromatic rings. The second kappa shape index (κ2) is 4.77. The van der Waals surface area contributed by atoms with Crippen LogP contribution in [0.15, 0.2) is 42.5 Å². The highest BCUT2D eigenvalue weighted by Crippen LogP contribution is 2.15. The van der Waals surface area contributed by atoms with Gasteiger partial charge in [0.25, 0.3) is 0 Å². The monoisotopic (exact) mass is 213 g/mol. The van der Waals surface area contributed by atoms with Gasteiger partial charge in [0.2, 0.25) is 0 Å². The van der Waals surface area contributed by atoms with E-state index in [1.54, 1.807) is 0 Å². The third-order valence-electron chi connectivity index (χ3n) is 2.46. The molecule has 0 saturated heterocycles. The van der Waals surface area contributed by atoms with Gasteiger partial charge in [-0.25, -0.2) is 4.98 Å². The van der Waals surface area contributed by atoms with Crippen LogP contribution in [0.3, 0.4) is 0 Å². The van der Waals surface area contributed by atoms with Crippen molar-refractivity contribution in [3.8, 4) is 0 Å². The van der Waals surface area contributed by atoms with E-state index < -0.39 is 0 Å². The summed E-state index contributed by atoms with van der Waals surface area (Å²) in [5, 5.41) is 3.24. The fraction of sp³-hybridized carbons (Fsp3) is 0.154. The molecular weight excluding hydrogens is 198 g/mol. The lowest BCUT2D eigenvalue weighted by Gasteiger charge is -2.08. The molecule has 0 amide bonds. The van der Waals surface area contributed by atoms with Gasteiger partial charge in [-0.15, -0.1) is 0 Å². The average molecular weight is 213 g/mol. The minimum Gasteiger partial charge on any atom is -0.340 e. The Morgan fingerprint density at radius 3 is 2.50 bits per heavy atom. The lowest BCUT2D eigenvalue weighted by molar-refractivity contribution is 1.01. The van der Waals surface area contributed by atoms with Crippen LogP contribution in [0.25, 0.3) is 0 Å². The highest BCUT2D eigenvalue weighted by Gasteiger charge is 2.00. The molecular formula is C13H15N3. The minimum atomic E-state index is 0.532. The molecule has 16 heavy (non-hydrogen) atoms. The summed E-state index contributed by atoms with van der Waals surface area (Å²) >= 11 is 0. The molecule has 2 rings (SSSR count). The van der Waals surface area contributed by atoms with Crippen LogP contribution < -0.4 is 11.1 Å². The number of rotatable bonds is 3. The van der Waals surface area contributed by atoms with Crippen molar-refractivity contribution in [3.05, 3.63) is 53.7 Å². The van der Waals surface area contributed by atoms with Gasteiger partial charge in [0, 0.05) is 17.9 Å². The summed E-state index contributed by atoms with van der Waals surface area (Å²) in [6.45, 7) is 2.50. The smallest absolute Gasteiger partial charge is 0.130 e. The Hall–Kier alpha value is -1.87.